The Kier molecular flexibility index (Phi) is 4.68. The summed E-state index contributed by atoms with van der Waals surface area (Å²) >= 11 is 0. The smallest absolute Gasteiger partial charge is 0.350 e. The van der Waals surface area contributed by atoms with E-state index in [9.17, 15) is 14.4 Å². The third-order valence-electron chi connectivity index (χ3n) is 8.00. The number of carbonyl (C=O) groups excluding carboxylic acids is 3. The Labute approximate surface area is 167 Å². The molecule has 3 rings (SSSR count). The van der Waals surface area contributed by atoms with Gasteiger partial charge in [-0.25, -0.2) is 4.79 Å². The number of carbonyl (C=O) groups is 3. The number of hydrogen-bond donors (Lipinski definition) is 0. The molecule has 3 aliphatic rings. The molecule has 0 aromatic carbocycles. The predicted molar refractivity (Wildman–Crippen MR) is 102 cm³/mol. The topological polar surface area (TPSA) is 78.9 Å². The minimum Gasteiger partial charge on any atom is -0.455 e. The van der Waals surface area contributed by atoms with E-state index in [1.807, 2.05) is 41.5 Å². The Morgan fingerprint density at radius 3 is 2.25 bits per heavy atom. The van der Waals surface area contributed by atoms with E-state index in [1.165, 1.54) is 0 Å². The third kappa shape index (κ3) is 2.86. The lowest BCUT2D eigenvalue weighted by Crippen LogP contribution is -2.52. The van der Waals surface area contributed by atoms with E-state index in [0.717, 1.165) is 6.42 Å². The third-order valence-corrected chi connectivity index (χ3v) is 8.00. The molecule has 3 fully saturated rings. The standard InChI is InChI=1S/C22H34O6/c1-9-21(7,28-17(24)20(5,6)19(2,3)4)18(25)26-15-12-10-13-14(11-12)22(15,8)27-16(13)23/h12-15H,9-11H2,1-8H3. The van der Waals surface area contributed by atoms with E-state index >= 15 is 0 Å². The van der Waals surface area contributed by atoms with Crippen LogP contribution in [0.1, 0.15) is 74.7 Å². The molecule has 6 unspecified atom stereocenters. The van der Waals surface area contributed by atoms with Gasteiger partial charge in [0, 0.05) is 11.8 Å². The van der Waals surface area contributed by atoms with Crippen LogP contribution in [0, 0.1) is 28.6 Å². The van der Waals surface area contributed by atoms with Crippen molar-refractivity contribution in [3.63, 3.8) is 0 Å². The molecule has 6 nitrogen and oxygen atoms in total. The van der Waals surface area contributed by atoms with Crippen molar-refractivity contribution in [3.05, 3.63) is 0 Å². The molecule has 1 heterocycles. The normalized spacial score (nSPS) is 36.1. The number of hydrogen-bond acceptors (Lipinski definition) is 6. The van der Waals surface area contributed by atoms with E-state index < -0.39 is 34.7 Å². The van der Waals surface area contributed by atoms with Crippen LogP contribution in [0.5, 0.6) is 0 Å². The maximum atomic E-state index is 13.1. The molecule has 0 aromatic heterocycles. The van der Waals surface area contributed by atoms with Crippen LogP contribution >= 0.6 is 0 Å². The van der Waals surface area contributed by atoms with Gasteiger partial charge in [-0.15, -0.1) is 0 Å². The minimum atomic E-state index is -1.38. The minimum absolute atomic E-state index is 0.0621. The molecule has 6 heteroatoms. The van der Waals surface area contributed by atoms with Crippen LogP contribution in [0.2, 0.25) is 0 Å². The highest BCUT2D eigenvalue weighted by Crippen LogP contribution is 2.61. The number of ether oxygens (including phenoxy) is 3. The summed E-state index contributed by atoms with van der Waals surface area (Å²) < 4.78 is 17.3. The fraction of sp³-hybridized carbons (Fsp3) is 0.864. The molecule has 0 radical (unpaired) electrons. The van der Waals surface area contributed by atoms with Crippen molar-refractivity contribution >= 4 is 17.9 Å². The van der Waals surface area contributed by atoms with Crippen molar-refractivity contribution < 1.29 is 28.6 Å². The monoisotopic (exact) mass is 394 g/mol. The first-order valence-electron chi connectivity index (χ1n) is 10.3. The molecule has 2 saturated carbocycles. The molecule has 1 saturated heterocycles. The van der Waals surface area contributed by atoms with Crippen LogP contribution in [-0.4, -0.2) is 35.2 Å². The Hall–Kier alpha value is -1.59. The molecule has 1 aliphatic heterocycles. The number of fused-ring (bicyclic) bond motifs is 1. The fourth-order valence-electron chi connectivity index (χ4n) is 4.67. The Balaban J connectivity index is 1.75. The first-order valence-corrected chi connectivity index (χ1v) is 10.3. The number of rotatable bonds is 5. The van der Waals surface area contributed by atoms with E-state index in [1.54, 1.807) is 13.8 Å². The lowest BCUT2D eigenvalue weighted by Gasteiger charge is -2.40. The van der Waals surface area contributed by atoms with Gasteiger partial charge in [-0.05, 0) is 52.4 Å². The molecule has 0 spiro atoms. The molecule has 0 N–H and O–H groups in total. The SMILES string of the molecule is CCC(C)(OC(=O)C(C)(C)C(C)(C)C)C(=O)OC1C2CC3C(=O)OC1(C)C3C2. The summed E-state index contributed by atoms with van der Waals surface area (Å²) in [4.78, 5) is 38.1. The maximum absolute atomic E-state index is 13.1. The molecule has 28 heavy (non-hydrogen) atoms. The summed E-state index contributed by atoms with van der Waals surface area (Å²) in [6, 6.07) is 0. The van der Waals surface area contributed by atoms with Crippen LogP contribution in [0.15, 0.2) is 0 Å². The van der Waals surface area contributed by atoms with E-state index in [2.05, 4.69) is 0 Å². The van der Waals surface area contributed by atoms with Crippen molar-refractivity contribution in [2.75, 3.05) is 0 Å². The zero-order valence-corrected chi connectivity index (χ0v) is 18.4. The lowest BCUT2D eigenvalue weighted by atomic mass is 9.69. The van der Waals surface area contributed by atoms with Gasteiger partial charge in [0.25, 0.3) is 0 Å². The van der Waals surface area contributed by atoms with E-state index in [0.29, 0.717) is 12.8 Å². The molecule has 6 atom stereocenters. The summed E-state index contributed by atoms with van der Waals surface area (Å²) in [6.07, 6.45) is 1.37. The van der Waals surface area contributed by atoms with Crippen LogP contribution < -0.4 is 0 Å². The van der Waals surface area contributed by atoms with Gasteiger partial charge in [0.05, 0.1) is 11.3 Å². The zero-order chi connectivity index (χ0) is 21.3. The lowest BCUT2D eigenvalue weighted by molar-refractivity contribution is -0.202. The van der Waals surface area contributed by atoms with Crippen molar-refractivity contribution in [3.8, 4) is 0 Å². The molecule has 2 aliphatic carbocycles. The quantitative estimate of drug-likeness (QED) is 0.523. The van der Waals surface area contributed by atoms with E-state index in [-0.39, 0.29) is 29.1 Å². The van der Waals surface area contributed by atoms with Gasteiger partial charge in [-0.3, -0.25) is 9.59 Å². The molecular formula is C22H34O6. The highest BCUT2D eigenvalue weighted by atomic mass is 16.6. The Bertz CT molecular complexity index is 704. The van der Waals surface area contributed by atoms with Crippen LogP contribution in [0.25, 0.3) is 0 Å². The largest absolute Gasteiger partial charge is 0.455 e. The molecule has 0 aromatic rings. The first-order chi connectivity index (χ1) is 12.7. The van der Waals surface area contributed by atoms with Crippen molar-refractivity contribution in [1.29, 1.82) is 0 Å². The summed E-state index contributed by atoms with van der Waals surface area (Å²) in [5.74, 6) is -0.992. The molecule has 158 valence electrons. The van der Waals surface area contributed by atoms with Crippen LogP contribution in [0.4, 0.5) is 0 Å². The van der Waals surface area contributed by atoms with Gasteiger partial charge < -0.3 is 14.2 Å². The highest BCUT2D eigenvalue weighted by Gasteiger charge is 2.70. The van der Waals surface area contributed by atoms with Crippen LogP contribution in [-0.2, 0) is 28.6 Å². The van der Waals surface area contributed by atoms with Gasteiger partial charge in [-0.2, -0.15) is 0 Å². The van der Waals surface area contributed by atoms with Gasteiger partial charge in [0.1, 0.15) is 11.7 Å². The zero-order valence-electron chi connectivity index (χ0n) is 18.4. The molecular weight excluding hydrogens is 360 g/mol. The Morgan fingerprint density at radius 2 is 1.71 bits per heavy atom. The Morgan fingerprint density at radius 1 is 1.11 bits per heavy atom. The second-order valence-electron chi connectivity index (χ2n) is 10.7. The van der Waals surface area contributed by atoms with Gasteiger partial charge in [0.2, 0.25) is 5.60 Å². The first kappa shape index (κ1) is 21.1. The van der Waals surface area contributed by atoms with Crippen LogP contribution in [0.3, 0.4) is 0 Å². The summed E-state index contributed by atoms with van der Waals surface area (Å²) in [5, 5.41) is 0. The fourth-order valence-corrected chi connectivity index (χ4v) is 4.67. The predicted octanol–water partition coefficient (Wildman–Crippen LogP) is 3.65. The average molecular weight is 395 g/mol. The van der Waals surface area contributed by atoms with Crippen molar-refractivity contribution in [2.45, 2.75) is 92.0 Å². The second-order valence-corrected chi connectivity index (χ2v) is 10.7. The summed E-state index contributed by atoms with van der Waals surface area (Å²) in [6.45, 7) is 14.8. The van der Waals surface area contributed by atoms with Gasteiger partial charge in [0.15, 0.2) is 0 Å². The average Bonchev–Trinajstić information content (AvgIpc) is 3.16. The number of esters is 3. The van der Waals surface area contributed by atoms with Crippen molar-refractivity contribution in [1.82, 2.24) is 0 Å². The second kappa shape index (κ2) is 6.20. The van der Waals surface area contributed by atoms with Gasteiger partial charge in [-0.1, -0.05) is 27.7 Å². The summed E-state index contributed by atoms with van der Waals surface area (Å²) in [5.41, 5.74) is -3.23. The molecule has 2 bridgehead atoms. The highest BCUT2D eigenvalue weighted by molar-refractivity contribution is 5.85. The molecule has 0 amide bonds. The van der Waals surface area contributed by atoms with Crippen molar-refractivity contribution in [2.24, 2.45) is 28.6 Å². The van der Waals surface area contributed by atoms with E-state index in [4.69, 9.17) is 14.2 Å². The summed E-state index contributed by atoms with van der Waals surface area (Å²) in [7, 11) is 0. The maximum Gasteiger partial charge on any atom is 0.350 e. The van der Waals surface area contributed by atoms with Gasteiger partial charge >= 0.3 is 17.9 Å².